The molecule has 2 rings (SSSR count). The molecule has 0 aliphatic carbocycles. The molecule has 1 aromatic carbocycles. The summed E-state index contributed by atoms with van der Waals surface area (Å²) in [6, 6.07) is 6.60. The Labute approximate surface area is 103 Å². The molecule has 17 heavy (non-hydrogen) atoms. The lowest BCUT2D eigenvalue weighted by atomic mass is 10.2. The maximum atomic E-state index is 13.5. The standard InChI is InChI=1S/C13H12FNOS/c1-8-3-4-11(10(14)7-8)15-13(16)12-9(2)5-6-17-12/h3-7H,1-2H3,(H,15,16). The lowest BCUT2D eigenvalue weighted by molar-refractivity contribution is 0.102. The summed E-state index contributed by atoms with van der Waals surface area (Å²) in [6.07, 6.45) is 0. The second kappa shape index (κ2) is 4.67. The van der Waals surface area contributed by atoms with Gasteiger partial charge in [-0.1, -0.05) is 6.07 Å². The van der Waals surface area contributed by atoms with Gasteiger partial charge in [0.15, 0.2) is 0 Å². The van der Waals surface area contributed by atoms with E-state index in [2.05, 4.69) is 5.32 Å². The van der Waals surface area contributed by atoms with Gasteiger partial charge in [0, 0.05) is 0 Å². The van der Waals surface area contributed by atoms with E-state index in [-0.39, 0.29) is 11.6 Å². The summed E-state index contributed by atoms with van der Waals surface area (Å²) in [5.41, 5.74) is 1.95. The van der Waals surface area contributed by atoms with Gasteiger partial charge < -0.3 is 5.32 Å². The number of amides is 1. The van der Waals surface area contributed by atoms with E-state index >= 15 is 0 Å². The highest BCUT2D eigenvalue weighted by molar-refractivity contribution is 7.12. The quantitative estimate of drug-likeness (QED) is 0.862. The van der Waals surface area contributed by atoms with Crippen LogP contribution >= 0.6 is 11.3 Å². The van der Waals surface area contributed by atoms with E-state index in [9.17, 15) is 9.18 Å². The fourth-order valence-corrected chi connectivity index (χ4v) is 2.33. The first-order chi connectivity index (χ1) is 8.08. The molecule has 2 nitrogen and oxygen atoms in total. The summed E-state index contributed by atoms with van der Waals surface area (Å²) in [5, 5.41) is 4.42. The van der Waals surface area contributed by atoms with E-state index in [1.807, 2.05) is 18.4 Å². The van der Waals surface area contributed by atoms with Gasteiger partial charge in [-0.2, -0.15) is 0 Å². The van der Waals surface area contributed by atoms with Gasteiger partial charge in [0.25, 0.3) is 5.91 Å². The first-order valence-electron chi connectivity index (χ1n) is 5.19. The van der Waals surface area contributed by atoms with Crippen LogP contribution in [0.3, 0.4) is 0 Å². The molecule has 0 saturated heterocycles. The molecule has 0 bridgehead atoms. The van der Waals surface area contributed by atoms with Crippen molar-refractivity contribution in [1.82, 2.24) is 0 Å². The Kier molecular flexibility index (Phi) is 3.24. The number of aryl methyl sites for hydroxylation is 2. The highest BCUT2D eigenvalue weighted by Crippen LogP contribution is 2.20. The van der Waals surface area contributed by atoms with Crippen molar-refractivity contribution in [3.05, 3.63) is 51.5 Å². The highest BCUT2D eigenvalue weighted by atomic mass is 32.1. The van der Waals surface area contributed by atoms with Gasteiger partial charge in [0.05, 0.1) is 10.6 Å². The highest BCUT2D eigenvalue weighted by Gasteiger charge is 2.12. The van der Waals surface area contributed by atoms with Crippen LogP contribution in [0, 0.1) is 19.7 Å². The summed E-state index contributed by atoms with van der Waals surface area (Å²) < 4.78 is 13.5. The molecule has 88 valence electrons. The number of rotatable bonds is 2. The molecule has 1 N–H and O–H groups in total. The number of benzene rings is 1. The van der Waals surface area contributed by atoms with Crippen molar-refractivity contribution >= 4 is 22.9 Å². The summed E-state index contributed by atoms with van der Waals surface area (Å²) in [4.78, 5) is 12.5. The van der Waals surface area contributed by atoms with Crippen LogP contribution < -0.4 is 5.32 Å². The van der Waals surface area contributed by atoms with Gasteiger partial charge in [0.1, 0.15) is 5.82 Å². The van der Waals surface area contributed by atoms with Crippen LogP contribution in [-0.4, -0.2) is 5.91 Å². The largest absolute Gasteiger partial charge is 0.319 e. The lowest BCUT2D eigenvalue weighted by Crippen LogP contribution is -2.12. The topological polar surface area (TPSA) is 29.1 Å². The zero-order valence-corrected chi connectivity index (χ0v) is 10.4. The van der Waals surface area contributed by atoms with Crippen molar-refractivity contribution < 1.29 is 9.18 Å². The summed E-state index contributed by atoms with van der Waals surface area (Å²) >= 11 is 1.35. The first-order valence-corrected chi connectivity index (χ1v) is 6.07. The third-order valence-electron chi connectivity index (χ3n) is 2.44. The van der Waals surface area contributed by atoms with Gasteiger partial charge in [-0.05, 0) is 48.6 Å². The Morgan fingerprint density at radius 1 is 1.29 bits per heavy atom. The van der Waals surface area contributed by atoms with Crippen LogP contribution in [0.15, 0.2) is 29.6 Å². The third-order valence-corrected chi connectivity index (χ3v) is 3.46. The van der Waals surface area contributed by atoms with Gasteiger partial charge in [-0.3, -0.25) is 4.79 Å². The SMILES string of the molecule is Cc1ccc(NC(=O)c2sccc2C)c(F)c1. The molecule has 0 aliphatic heterocycles. The van der Waals surface area contributed by atoms with E-state index in [1.165, 1.54) is 17.4 Å². The second-order valence-corrected chi connectivity index (χ2v) is 4.79. The van der Waals surface area contributed by atoms with E-state index in [4.69, 9.17) is 0 Å². The average Bonchev–Trinajstić information content (AvgIpc) is 2.68. The maximum Gasteiger partial charge on any atom is 0.266 e. The number of carbonyl (C=O) groups is 1. The molecule has 4 heteroatoms. The smallest absolute Gasteiger partial charge is 0.266 e. The molecule has 0 unspecified atom stereocenters. The molecule has 1 heterocycles. The van der Waals surface area contributed by atoms with Crippen molar-refractivity contribution in [3.63, 3.8) is 0 Å². The van der Waals surface area contributed by atoms with Crippen molar-refractivity contribution in [2.75, 3.05) is 5.32 Å². The minimum absolute atomic E-state index is 0.216. The summed E-state index contributed by atoms with van der Waals surface area (Å²) in [7, 11) is 0. The Bertz CT molecular complexity index is 562. The van der Waals surface area contributed by atoms with Crippen LogP contribution in [0.1, 0.15) is 20.8 Å². The Hall–Kier alpha value is -1.68. The molecule has 1 amide bonds. The van der Waals surface area contributed by atoms with Gasteiger partial charge >= 0.3 is 0 Å². The molecule has 2 aromatic rings. The van der Waals surface area contributed by atoms with Crippen LogP contribution in [0.4, 0.5) is 10.1 Å². The Morgan fingerprint density at radius 2 is 2.06 bits per heavy atom. The molecule has 1 aromatic heterocycles. The average molecular weight is 249 g/mol. The number of hydrogen-bond donors (Lipinski definition) is 1. The number of halogens is 1. The van der Waals surface area contributed by atoms with E-state index in [0.717, 1.165) is 11.1 Å². The number of nitrogens with one attached hydrogen (secondary N) is 1. The van der Waals surface area contributed by atoms with Crippen LogP contribution in [0.25, 0.3) is 0 Å². The third kappa shape index (κ3) is 2.53. The van der Waals surface area contributed by atoms with Gasteiger partial charge in [-0.25, -0.2) is 4.39 Å². The normalized spacial score (nSPS) is 10.3. The fourth-order valence-electron chi connectivity index (χ4n) is 1.51. The minimum atomic E-state index is -0.410. The number of thiophene rings is 1. The van der Waals surface area contributed by atoms with Crippen molar-refractivity contribution in [2.45, 2.75) is 13.8 Å². The fraction of sp³-hybridized carbons (Fsp3) is 0.154. The number of anilines is 1. The zero-order chi connectivity index (χ0) is 12.4. The Balaban J connectivity index is 2.22. The minimum Gasteiger partial charge on any atom is -0.319 e. The first kappa shape index (κ1) is 11.8. The molecular weight excluding hydrogens is 237 g/mol. The molecule has 0 radical (unpaired) electrons. The molecular formula is C13H12FNOS. The number of hydrogen-bond acceptors (Lipinski definition) is 2. The van der Waals surface area contributed by atoms with Crippen molar-refractivity contribution in [3.8, 4) is 0 Å². The monoisotopic (exact) mass is 249 g/mol. The molecule has 0 fully saturated rings. The van der Waals surface area contributed by atoms with Crippen LogP contribution in [-0.2, 0) is 0 Å². The molecule has 0 saturated carbocycles. The predicted octanol–water partition coefficient (Wildman–Crippen LogP) is 3.76. The second-order valence-electron chi connectivity index (χ2n) is 3.87. The van der Waals surface area contributed by atoms with Gasteiger partial charge in [0.2, 0.25) is 0 Å². The Morgan fingerprint density at radius 3 is 2.65 bits per heavy atom. The molecule has 0 spiro atoms. The summed E-state index contributed by atoms with van der Waals surface area (Å²) in [6.45, 7) is 3.66. The number of carbonyl (C=O) groups excluding carboxylic acids is 1. The van der Waals surface area contributed by atoms with Crippen molar-refractivity contribution in [1.29, 1.82) is 0 Å². The lowest BCUT2D eigenvalue weighted by Gasteiger charge is -2.06. The van der Waals surface area contributed by atoms with E-state index in [0.29, 0.717) is 4.88 Å². The van der Waals surface area contributed by atoms with Crippen molar-refractivity contribution in [2.24, 2.45) is 0 Å². The summed E-state index contributed by atoms with van der Waals surface area (Å²) in [5.74, 6) is -0.673. The zero-order valence-electron chi connectivity index (χ0n) is 9.58. The molecule has 0 aliphatic rings. The van der Waals surface area contributed by atoms with Gasteiger partial charge in [-0.15, -0.1) is 11.3 Å². The van der Waals surface area contributed by atoms with Crippen LogP contribution in [0.2, 0.25) is 0 Å². The predicted molar refractivity (Wildman–Crippen MR) is 68.1 cm³/mol. The van der Waals surface area contributed by atoms with E-state index in [1.54, 1.807) is 19.1 Å². The maximum absolute atomic E-state index is 13.5. The molecule has 0 atom stereocenters. The van der Waals surface area contributed by atoms with Crippen LogP contribution in [0.5, 0.6) is 0 Å². The van der Waals surface area contributed by atoms with E-state index < -0.39 is 5.82 Å².